The van der Waals surface area contributed by atoms with E-state index in [4.69, 9.17) is 4.74 Å². The molecule has 1 fully saturated rings. The molecule has 3 aliphatic rings. The highest BCUT2D eigenvalue weighted by molar-refractivity contribution is 6.00. The third-order valence-corrected chi connectivity index (χ3v) is 6.37. The molecule has 2 amide bonds. The van der Waals surface area contributed by atoms with Gasteiger partial charge in [-0.05, 0) is 33.7 Å². The second kappa shape index (κ2) is 7.61. The molecule has 4 rings (SSSR count). The summed E-state index contributed by atoms with van der Waals surface area (Å²) in [4.78, 5) is 25.6. The fourth-order valence-corrected chi connectivity index (χ4v) is 4.86. The van der Waals surface area contributed by atoms with Gasteiger partial charge in [0.25, 0.3) is 0 Å². The topological polar surface area (TPSA) is 103 Å². The first-order valence-corrected chi connectivity index (χ1v) is 10.2. The van der Waals surface area contributed by atoms with Crippen LogP contribution in [0.4, 0.5) is 8.78 Å². The standard InChI is InChI=1S/C22H24F2N4O3/c1-10-12(21(30)27-14-4-5-26-15(9-25)18(10)14)8-17(29)28-20-19-13(24)6-11(23)7-16(19)31-22(20,2)3/h6-7,14-15,18,20,26H,4-5,8H2,1-3H3,(H,27,30)(H,28,29)/t14?,15?,18?,20-/m0/s1. The van der Waals surface area contributed by atoms with Crippen molar-refractivity contribution in [2.45, 2.75) is 57.3 Å². The van der Waals surface area contributed by atoms with Crippen LogP contribution in [0.2, 0.25) is 0 Å². The van der Waals surface area contributed by atoms with Gasteiger partial charge in [-0.1, -0.05) is 5.57 Å². The van der Waals surface area contributed by atoms with E-state index in [0.29, 0.717) is 24.1 Å². The van der Waals surface area contributed by atoms with Crippen molar-refractivity contribution in [3.05, 3.63) is 40.5 Å². The molecule has 0 spiro atoms. The molecular formula is C22H24F2N4O3. The number of carbonyl (C=O) groups excluding carboxylic acids is 2. The molecule has 0 radical (unpaired) electrons. The Labute approximate surface area is 178 Å². The summed E-state index contributed by atoms with van der Waals surface area (Å²) in [7, 11) is 0. The predicted molar refractivity (Wildman–Crippen MR) is 107 cm³/mol. The lowest BCUT2D eigenvalue weighted by atomic mass is 9.76. The fraction of sp³-hybridized carbons (Fsp3) is 0.500. The van der Waals surface area contributed by atoms with Gasteiger partial charge in [-0.3, -0.25) is 9.59 Å². The van der Waals surface area contributed by atoms with Crippen LogP contribution in [0, 0.1) is 28.9 Å². The Morgan fingerprint density at radius 2 is 2.13 bits per heavy atom. The van der Waals surface area contributed by atoms with Crippen molar-refractivity contribution in [1.29, 1.82) is 5.26 Å². The van der Waals surface area contributed by atoms with Crippen LogP contribution in [0.25, 0.3) is 0 Å². The average molecular weight is 430 g/mol. The lowest BCUT2D eigenvalue weighted by Gasteiger charge is -2.41. The van der Waals surface area contributed by atoms with Gasteiger partial charge < -0.3 is 20.7 Å². The van der Waals surface area contributed by atoms with Crippen molar-refractivity contribution in [2.24, 2.45) is 5.92 Å². The van der Waals surface area contributed by atoms with Gasteiger partial charge >= 0.3 is 0 Å². The summed E-state index contributed by atoms with van der Waals surface area (Å²) in [5.41, 5.74) is 0.0897. The highest BCUT2D eigenvalue weighted by atomic mass is 19.1. The third kappa shape index (κ3) is 3.65. The molecule has 3 aliphatic heterocycles. The summed E-state index contributed by atoms with van der Waals surface area (Å²) in [5, 5.41) is 18.3. The Bertz CT molecular complexity index is 1030. The van der Waals surface area contributed by atoms with Gasteiger partial charge in [-0.2, -0.15) is 5.26 Å². The molecule has 9 heteroatoms. The molecule has 7 nitrogen and oxygen atoms in total. The molecule has 0 aliphatic carbocycles. The number of fused-ring (bicyclic) bond motifs is 2. The maximum atomic E-state index is 14.5. The Kier molecular flexibility index (Phi) is 5.21. The zero-order valence-electron chi connectivity index (χ0n) is 17.5. The molecule has 0 bridgehead atoms. The van der Waals surface area contributed by atoms with Crippen molar-refractivity contribution >= 4 is 11.8 Å². The van der Waals surface area contributed by atoms with Crippen molar-refractivity contribution in [1.82, 2.24) is 16.0 Å². The van der Waals surface area contributed by atoms with E-state index in [1.165, 1.54) is 0 Å². The number of hydrogen-bond donors (Lipinski definition) is 3. The number of amides is 2. The number of ether oxygens (including phenoxy) is 1. The molecule has 1 aromatic rings. The van der Waals surface area contributed by atoms with Gasteiger partial charge in [0.15, 0.2) is 0 Å². The molecule has 1 saturated heterocycles. The lowest BCUT2D eigenvalue weighted by molar-refractivity contribution is -0.125. The van der Waals surface area contributed by atoms with Crippen LogP contribution in [0.1, 0.15) is 45.2 Å². The first-order chi connectivity index (χ1) is 14.6. The van der Waals surface area contributed by atoms with Crippen LogP contribution in [0.5, 0.6) is 5.75 Å². The van der Waals surface area contributed by atoms with Gasteiger partial charge in [0.2, 0.25) is 11.8 Å². The number of hydrogen-bond acceptors (Lipinski definition) is 5. The molecule has 0 aromatic heterocycles. The SMILES string of the molecule is CC1=C(CC(=O)N[C@H]2c3c(F)cc(F)cc3OC2(C)C)C(=O)NC2CCNC(C#N)C12. The maximum absolute atomic E-state index is 14.5. The van der Waals surface area contributed by atoms with E-state index in [-0.39, 0.29) is 35.6 Å². The lowest BCUT2D eigenvalue weighted by Crippen LogP contribution is -2.58. The number of nitrogens with zero attached hydrogens (tertiary/aromatic N) is 1. The van der Waals surface area contributed by atoms with Crippen LogP contribution in [-0.4, -0.2) is 36.0 Å². The van der Waals surface area contributed by atoms with Crippen LogP contribution in [0.15, 0.2) is 23.3 Å². The van der Waals surface area contributed by atoms with Crippen LogP contribution in [0.3, 0.4) is 0 Å². The van der Waals surface area contributed by atoms with E-state index >= 15 is 0 Å². The van der Waals surface area contributed by atoms with E-state index in [2.05, 4.69) is 22.0 Å². The molecule has 0 saturated carbocycles. The normalized spacial score (nSPS) is 28.7. The minimum atomic E-state index is -1.00. The minimum absolute atomic E-state index is 0.0478. The van der Waals surface area contributed by atoms with Crippen LogP contribution >= 0.6 is 0 Å². The summed E-state index contributed by atoms with van der Waals surface area (Å²) in [6, 6.07) is 2.62. The van der Waals surface area contributed by atoms with Gasteiger partial charge in [-0.25, -0.2) is 8.78 Å². The fourth-order valence-electron chi connectivity index (χ4n) is 4.86. The largest absolute Gasteiger partial charge is 0.485 e. The molecule has 1 aromatic carbocycles. The quantitative estimate of drug-likeness (QED) is 0.681. The predicted octanol–water partition coefficient (Wildman–Crippen LogP) is 2.00. The minimum Gasteiger partial charge on any atom is -0.485 e. The summed E-state index contributed by atoms with van der Waals surface area (Å²) in [6.07, 6.45) is 0.482. The molecule has 3 unspecified atom stereocenters. The van der Waals surface area contributed by atoms with Gasteiger partial charge in [0.1, 0.15) is 29.0 Å². The summed E-state index contributed by atoms with van der Waals surface area (Å²) < 4.78 is 33.7. The smallest absolute Gasteiger partial charge is 0.247 e. The highest BCUT2D eigenvalue weighted by Gasteiger charge is 2.45. The van der Waals surface area contributed by atoms with Gasteiger partial charge in [0.05, 0.1) is 24.1 Å². The molecular weight excluding hydrogens is 406 g/mol. The first-order valence-electron chi connectivity index (χ1n) is 10.2. The first kappa shape index (κ1) is 21.2. The molecule has 31 heavy (non-hydrogen) atoms. The second-order valence-corrected chi connectivity index (χ2v) is 8.80. The van der Waals surface area contributed by atoms with E-state index in [9.17, 15) is 23.6 Å². The number of benzene rings is 1. The Morgan fingerprint density at radius 3 is 2.84 bits per heavy atom. The Hall–Kier alpha value is -2.99. The third-order valence-electron chi connectivity index (χ3n) is 6.37. The maximum Gasteiger partial charge on any atom is 0.247 e. The number of carbonyl (C=O) groups is 2. The zero-order valence-corrected chi connectivity index (χ0v) is 17.5. The number of rotatable bonds is 3. The van der Waals surface area contributed by atoms with E-state index in [0.717, 1.165) is 12.1 Å². The molecule has 164 valence electrons. The summed E-state index contributed by atoms with van der Waals surface area (Å²) in [5.74, 6) is -2.55. The summed E-state index contributed by atoms with van der Waals surface area (Å²) >= 11 is 0. The highest BCUT2D eigenvalue weighted by Crippen LogP contribution is 2.45. The van der Waals surface area contributed by atoms with Crippen molar-refractivity contribution in [3.8, 4) is 11.8 Å². The average Bonchev–Trinajstić information content (AvgIpc) is 2.93. The monoisotopic (exact) mass is 430 g/mol. The molecule has 4 atom stereocenters. The van der Waals surface area contributed by atoms with Crippen molar-refractivity contribution < 1.29 is 23.1 Å². The van der Waals surface area contributed by atoms with E-state index < -0.39 is 35.2 Å². The van der Waals surface area contributed by atoms with Crippen LogP contribution < -0.4 is 20.7 Å². The van der Waals surface area contributed by atoms with Gasteiger partial charge in [0, 0.05) is 29.7 Å². The van der Waals surface area contributed by atoms with Crippen molar-refractivity contribution in [3.63, 3.8) is 0 Å². The molecule has 3 heterocycles. The summed E-state index contributed by atoms with van der Waals surface area (Å²) in [6.45, 7) is 5.74. The number of piperidine rings is 1. The second-order valence-electron chi connectivity index (χ2n) is 8.80. The van der Waals surface area contributed by atoms with E-state index in [1.54, 1.807) is 20.8 Å². The number of nitrogens with one attached hydrogen (secondary N) is 3. The Morgan fingerprint density at radius 1 is 1.39 bits per heavy atom. The zero-order chi connectivity index (χ0) is 22.5. The number of nitriles is 1. The van der Waals surface area contributed by atoms with E-state index in [1.807, 2.05) is 0 Å². The van der Waals surface area contributed by atoms with Gasteiger partial charge in [-0.15, -0.1) is 0 Å². The number of halogens is 2. The molecule has 3 N–H and O–H groups in total. The van der Waals surface area contributed by atoms with Crippen LogP contribution in [-0.2, 0) is 9.59 Å². The Balaban J connectivity index is 1.58. The van der Waals surface area contributed by atoms with Crippen molar-refractivity contribution in [2.75, 3.05) is 6.54 Å².